The van der Waals surface area contributed by atoms with E-state index in [4.69, 9.17) is 9.84 Å². The molecule has 1 N–H and O–H groups in total. The van der Waals surface area contributed by atoms with E-state index in [2.05, 4.69) is 20.0 Å². The minimum absolute atomic E-state index is 0.166. The van der Waals surface area contributed by atoms with Crippen molar-refractivity contribution in [1.29, 1.82) is 0 Å². The summed E-state index contributed by atoms with van der Waals surface area (Å²) < 4.78 is 21.6. The second-order valence-corrected chi connectivity index (χ2v) is 7.85. The molecule has 0 atom stereocenters. The first-order valence-electron chi connectivity index (χ1n) is 10.6. The lowest BCUT2D eigenvalue weighted by Gasteiger charge is -2.29. The molecule has 7 heteroatoms. The van der Waals surface area contributed by atoms with E-state index in [0.717, 1.165) is 53.7 Å². The first-order valence-corrected chi connectivity index (χ1v) is 10.6. The highest BCUT2D eigenvalue weighted by atomic mass is 19.1. The van der Waals surface area contributed by atoms with E-state index >= 15 is 0 Å². The van der Waals surface area contributed by atoms with Crippen molar-refractivity contribution in [3.8, 4) is 17.1 Å². The molecule has 6 nitrogen and oxygen atoms in total. The van der Waals surface area contributed by atoms with Crippen molar-refractivity contribution in [3.63, 3.8) is 0 Å². The Balaban J connectivity index is 1.43. The number of nitrogens with zero attached hydrogens (tertiary/aromatic N) is 4. The maximum Gasteiger partial charge on any atom is 0.213 e. The van der Waals surface area contributed by atoms with Crippen LogP contribution in [0.3, 0.4) is 0 Å². The van der Waals surface area contributed by atoms with Gasteiger partial charge in [-0.15, -0.1) is 0 Å². The molecule has 31 heavy (non-hydrogen) atoms. The summed E-state index contributed by atoms with van der Waals surface area (Å²) in [6.07, 6.45) is 7.58. The lowest BCUT2D eigenvalue weighted by atomic mass is 9.93. The molecule has 5 rings (SSSR count). The molecule has 1 saturated carbocycles. The second kappa shape index (κ2) is 8.34. The molecule has 1 aliphatic carbocycles. The molecule has 0 radical (unpaired) electrons. The maximum absolute atomic E-state index is 13.4. The molecule has 158 valence electrons. The fourth-order valence-corrected chi connectivity index (χ4v) is 4.26. The molecule has 1 fully saturated rings. The van der Waals surface area contributed by atoms with E-state index < -0.39 is 0 Å². The first-order chi connectivity index (χ1) is 15.2. The Hall–Kier alpha value is -3.48. The number of nitrogens with one attached hydrogen (secondary N) is 1. The van der Waals surface area contributed by atoms with Crippen LogP contribution in [0.1, 0.15) is 31.7 Å². The van der Waals surface area contributed by atoms with Crippen LogP contribution in [0.15, 0.2) is 60.9 Å². The molecule has 1 aliphatic rings. The van der Waals surface area contributed by atoms with Crippen LogP contribution in [0.4, 0.5) is 10.2 Å². The lowest BCUT2D eigenvalue weighted by molar-refractivity contribution is 0.126. The van der Waals surface area contributed by atoms with Crippen LogP contribution in [-0.4, -0.2) is 32.9 Å². The van der Waals surface area contributed by atoms with Crippen molar-refractivity contribution in [3.05, 3.63) is 66.7 Å². The van der Waals surface area contributed by atoms with Gasteiger partial charge in [-0.3, -0.25) is 4.68 Å². The molecule has 0 spiro atoms. The van der Waals surface area contributed by atoms with E-state index in [-0.39, 0.29) is 18.0 Å². The van der Waals surface area contributed by atoms with Gasteiger partial charge in [0.2, 0.25) is 5.88 Å². The average molecular weight is 417 g/mol. The molecule has 0 saturated heterocycles. The van der Waals surface area contributed by atoms with E-state index in [1.807, 2.05) is 37.5 Å². The zero-order chi connectivity index (χ0) is 21.2. The van der Waals surface area contributed by atoms with Gasteiger partial charge in [-0.1, -0.05) is 6.07 Å². The van der Waals surface area contributed by atoms with E-state index in [1.54, 1.807) is 18.3 Å². The van der Waals surface area contributed by atoms with Gasteiger partial charge < -0.3 is 10.1 Å². The van der Waals surface area contributed by atoms with Gasteiger partial charge in [-0.2, -0.15) is 5.10 Å². The van der Waals surface area contributed by atoms with Crippen LogP contribution >= 0.6 is 0 Å². The highest BCUT2D eigenvalue weighted by molar-refractivity contribution is 5.94. The molecule has 4 aromatic rings. The van der Waals surface area contributed by atoms with Crippen molar-refractivity contribution in [2.45, 2.75) is 37.8 Å². The van der Waals surface area contributed by atoms with Gasteiger partial charge in [0.1, 0.15) is 23.4 Å². The molecule has 3 aromatic heterocycles. The second-order valence-electron chi connectivity index (χ2n) is 7.85. The number of fused-ring (bicyclic) bond motifs is 1. The Bertz CT molecular complexity index is 1170. The smallest absolute Gasteiger partial charge is 0.213 e. The van der Waals surface area contributed by atoms with Crippen molar-refractivity contribution in [2.75, 3.05) is 12.4 Å². The first kappa shape index (κ1) is 19.5. The molecule has 1 aromatic carbocycles. The van der Waals surface area contributed by atoms with Gasteiger partial charge in [-0.25, -0.2) is 14.4 Å². The topological polar surface area (TPSA) is 64.9 Å². The average Bonchev–Trinajstić information content (AvgIpc) is 3.19. The van der Waals surface area contributed by atoms with Crippen molar-refractivity contribution in [2.24, 2.45) is 0 Å². The number of hydrogen-bond donors (Lipinski definition) is 1. The van der Waals surface area contributed by atoms with Crippen LogP contribution in [0.5, 0.6) is 5.88 Å². The van der Waals surface area contributed by atoms with Crippen LogP contribution < -0.4 is 10.1 Å². The Morgan fingerprint density at radius 3 is 2.55 bits per heavy atom. The summed E-state index contributed by atoms with van der Waals surface area (Å²) in [6, 6.07) is 14.5. The van der Waals surface area contributed by atoms with E-state index in [0.29, 0.717) is 5.88 Å². The number of benzene rings is 1. The summed E-state index contributed by atoms with van der Waals surface area (Å²) in [5.41, 5.74) is 2.75. The highest BCUT2D eigenvalue weighted by Crippen LogP contribution is 2.36. The van der Waals surface area contributed by atoms with Crippen molar-refractivity contribution in [1.82, 2.24) is 19.7 Å². The van der Waals surface area contributed by atoms with Crippen LogP contribution in [0, 0.1) is 5.82 Å². The molecule has 0 aliphatic heterocycles. The minimum atomic E-state index is -0.255. The fraction of sp³-hybridized carbons (Fsp3) is 0.292. The number of anilines is 1. The van der Waals surface area contributed by atoms with Crippen LogP contribution in [-0.2, 0) is 0 Å². The monoisotopic (exact) mass is 417 g/mol. The molecule has 0 bridgehead atoms. The summed E-state index contributed by atoms with van der Waals surface area (Å²) in [6.45, 7) is 0. The standard InChI is InChI=1S/C24H24FN5O/c1-26-22-14-21-20(15-28-22)24(16-5-7-17(25)8-6-16)29-30(21)18-9-11-19(12-10-18)31-23-4-2-3-13-27-23/h2-8,13-15,18-19H,9-12H2,1H3,(H,26,28). The molecule has 0 amide bonds. The zero-order valence-corrected chi connectivity index (χ0v) is 17.3. The van der Waals surface area contributed by atoms with E-state index in [9.17, 15) is 4.39 Å². The molecular weight excluding hydrogens is 393 g/mol. The number of ether oxygens (including phenoxy) is 1. The Kier molecular flexibility index (Phi) is 5.24. The summed E-state index contributed by atoms with van der Waals surface area (Å²) in [4.78, 5) is 8.75. The molecular formula is C24H24FN5O. The predicted octanol–water partition coefficient (Wildman–Crippen LogP) is 5.24. The Morgan fingerprint density at radius 1 is 1.03 bits per heavy atom. The number of hydrogen-bond acceptors (Lipinski definition) is 5. The quantitative estimate of drug-likeness (QED) is 0.481. The van der Waals surface area contributed by atoms with Gasteiger partial charge in [0.15, 0.2) is 0 Å². The fourth-order valence-electron chi connectivity index (χ4n) is 4.26. The number of rotatable bonds is 5. The minimum Gasteiger partial charge on any atom is -0.474 e. The van der Waals surface area contributed by atoms with E-state index in [1.165, 1.54) is 12.1 Å². The molecule has 0 unspecified atom stereocenters. The van der Waals surface area contributed by atoms with Crippen molar-refractivity contribution >= 4 is 16.7 Å². The van der Waals surface area contributed by atoms with Gasteiger partial charge in [0.25, 0.3) is 0 Å². The SMILES string of the molecule is CNc1cc2c(cn1)c(-c1ccc(F)cc1)nn2C1CCC(Oc2ccccn2)CC1. The van der Waals surface area contributed by atoms with Gasteiger partial charge in [0.05, 0.1) is 11.6 Å². The number of pyridine rings is 2. The zero-order valence-electron chi connectivity index (χ0n) is 17.3. The third kappa shape index (κ3) is 3.95. The predicted molar refractivity (Wildman–Crippen MR) is 119 cm³/mol. The third-order valence-corrected chi connectivity index (χ3v) is 5.88. The maximum atomic E-state index is 13.4. The van der Waals surface area contributed by atoms with Gasteiger partial charge >= 0.3 is 0 Å². The summed E-state index contributed by atoms with van der Waals surface area (Å²) in [5, 5.41) is 9.05. The summed E-state index contributed by atoms with van der Waals surface area (Å²) in [5.74, 6) is 1.22. The summed E-state index contributed by atoms with van der Waals surface area (Å²) >= 11 is 0. The number of halogens is 1. The van der Waals surface area contributed by atoms with Crippen LogP contribution in [0.25, 0.3) is 22.2 Å². The number of aromatic nitrogens is 4. The largest absolute Gasteiger partial charge is 0.474 e. The lowest BCUT2D eigenvalue weighted by Crippen LogP contribution is -2.26. The normalized spacial score (nSPS) is 18.8. The summed E-state index contributed by atoms with van der Waals surface area (Å²) in [7, 11) is 1.86. The Labute approximate surface area is 180 Å². The van der Waals surface area contributed by atoms with Gasteiger partial charge in [-0.05, 0) is 56.0 Å². The Morgan fingerprint density at radius 2 is 1.84 bits per heavy atom. The third-order valence-electron chi connectivity index (χ3n) is 5.88. The van der Waals surface area contributed by atoms with Gasteiger partial charge in [0, 0.05) is 42.5 Å². The van der Waals surface area contributed by atoms with Crippen LogP contribution in [0.2, 0.25) is 0 Å². The highest BCUT2D eigenvalue weighted by Gasteiger charge is 2.27. The molecule has 3 heterocycles. The van der Waals surface area contributed by atoms with Crippen molar-refractivity contribution < 1.29 is 9.13 Å².